The van der Waals surface area contributed by atoms with E-state index in [-0.39, 0.29) is 0 Å². The lowest BCUT2D eigenvalue weighted by Gasteiger charge is -2.22. The lowest BCUT2D eigenvalue weighted by molar-refractivity contribution is 0.916. The van der Waals surface area contributed by atoms with Gasteiger partial charge in [0.2, 0.25) is 0 Å². The van der Waals surface area contributed by atoms with Gasteiger partial charge in [-0.15, -0.1) is 11.6 Å². The van der Waals surface area contributed by atoms with Crippen LogP contribution in [0.3, 0.4) is 0 Å². The van der Waals surface area contributed by atoms with Gasteiger partial charge in [-0.1, -0.05) is 41.4 Å². The highest BCUT2D eigenvalue weighted by atomic mass is 35.5. The van der Waals surface area contributed by atoms with Crippen molar-refractivity contribution in [3.63, 3.8) is 0 Å². The van der Waals surface area contributed by atoms with Crippen molar-refractivity contribution >= 4 is 40.5 Å². The first kappa shape index (κ1) is 14.5. The fraction of sp³-hybridized carbons (Fsp3) is 0.200. The third-order valence-corrected chi connectivity index (χ3v) is 3.85. The number of rotatable bonds is 4. The summed E-state index contributed by atoms with van der Waals surface area (Å²) in [6.07, 6.45) is 0. The van der Waals surface area contributed by atoms with Crippen LogP contribution >= 0.6 is 34.8 Å². The minimum atomic E-state index is 0.433. The maximum Gasteiger partial charge on any atom is 0.0495 e. The highest BCUT2D eigenvalue weighted by Gasteiger charge is 2.09. The molecule has 0 spiro atoms. The quantitative estimate of drug-likeness (QED) is 0.686. The van der Waals surface area contributed by atoms with E-state index in [2.05, 4.69) is 4.90 Å². The second-order valence-electron chi connectivity index (χ2n) is 4.35. The van der Waals surface area contributed by atoms with E-state index in [0.717, 1.165) is 28.4 Å². The molecule has 0 saturated carbocycles. The van der Waals surface area contributed by atoms with Crippen LogP contribution in [0.5, 0.6) is 0 Å². The molecule has 2 aromatic carbocycles. The van der Waals surface area contributed by atoms with E-state index in [1.807, 2.05) is 49.5 Å². The highest BCUT2D eigenvalue weighted by molar-refractivity contribution is 6.31. The van der Waals surface area contributed by atoms with Gasteiger partial charge in [0.1, 0.15) is 0 Å². The van der Waals surface area contributed by atoms with Crippen LogP contribution < -0.4 is 4.90 Å². The molecule has 2 rings (SSSR count). The molecule has 0 N–H and O–H groups in total. The van der Waals surface area contributed by atoms with Crippen LogP contribution in [0.25, 0.3) is 0 Å². The third-order valence-electron chi connectivity index (χ3n) is 2.96. The molecule has 2 aromatic rings. The molecular formula is C15H14Cl3N. The standard InChI is InChI=1S/C15H14Cl3N/c1-19(10-11-4-2-3-5-14(11)18)15-7-6-13(17)8-12(15)9-16/h2-8H,9-10H2,1H3. The zero-order valence-corrected chi connectivity index (χ0v) is 12.8. The Morgan fingerprint density at radius 1 is 1.00 bits per heavy atom. The summed E-state index contributed by atoms with van der Waals surface area (Å²) in [5.74, 6) is 0.433. The van der Waals surface area contributed by atoms with Crippen molar-refractivity contribution in [1.29, 1.82) is 0 Å². The van der Waals surface area contributed by atoms with E-state index in [4.69, 9.17) is 34.8 Å². The molecule has 4 heteroatoms. The predicted octanol–water partition coefficient (Wildman–Crippen LogP) is 5.37. The molecule has 0 aliphatic heterocycles. The second-order valence-corrected chi connectivity index (χ2v) is 5.47. The van der Waals surface area contributed by atoms with Crippen molar-refractivity contribution in [2.45, 2.75) is 12.4 Å². The Hall–Kier alpha value is -0.890. The van der Waals surface area contributed by atoms with E-state index in [1.165, 1.54) is 0 Å². The van der Waals surface area contributed by atoms with Crippen molar-refractivity contribution in [3.05, 3.63) is 63.6 Å². The molecule has 1 nitrogen and oxygen atoms in total. The normalized spacial score (nSPS) is 10.5. The molecule has 0 radical (unpaired) electrons. The number of anilines is 1. The zero-order chi connectivity index (χ0) is 13.8. The molecule has 0 saturated heterocycles. The second kappa shape index (κ2) is 6.51. The molecule has 100 valence electrons. The molecule has 0 aliphatic rings. The molecule has 0 amide bonds. The minimum absolute atomic E-state index is 0.433. The number of hydrogen-bond donors (Lipinski definition) is 0. The summed E-state index contributed by atoms with van der Waals surface area (Å²) in [7, 11) is 2.02. The molecule has 0 bridgehead atoms. The van der Waals surface area contributed by atoms with Gasteiger partial charge in [-0.2, -0.15) is 0 Å². The maximum atomic E-state index is 6.18. The summed E-state index contributed by atoms with van der Waals surface area (Å²) in [4.78, 5) is 2.12. The average molecular weight is 315 g/mol. The first-order valence-corrected chi connectivity index (χ1v) is 7.20. The smallest absolute Gasteiger partial charge is 0.0495 e. The van der Waals surface area contributed by atoms with E-state index >= 15 is 0 Å². The first-order chi connectivity index (χ1) is 9.11. The van der Waals surface area contributed by atoms with Crippen LogP contribution in [0, 0.1) is 0 Å². The number of benzene rings is 2. The summed E-state index contributed by atoms with van der Waals surface area (Å²) >= 11 is 18.1. The number of halogens is 3. The van der Waals surface area contributed by atoms with E-state index in [9.17, 15) is 0 Å². The van der Waals surface area contributed by atoms with E-state index in [1.54, 1.807) is 0 Å². The minimum Gasteiger partial charge on any atom is -0.370 e. The molecule has 0 unspecified atom stereocenters. The molecular weight excluding hydrogens is 301 g/mol. The Bertz CT molecular complexity index is 569. The summed E-state index contributed by atoms with van der Waals surface area (Å²) in [6.45, 7) is 0.727. The fourth-order valence-electron chi connectivity index (χ4n) is 2.00. The highest BCUT2D eigenvalue weighted by Crippen LogP contribution is 2.27. The van der Waals surface area contributed by atoms with Gasteiger partial charge in [0.15, 0.2) is 0 Å². The summed E-state index contributed by atoms with van der Waals surface area (Å²) < 4.78 is 0. The largest absolute Gasteiger partial charge is 0.370 e. The lowest BCUT2D eigenvalue weighted by atomic mass is 10.1. The molecule has 0 aliphatic carbocycles. The predicted molar refractivity (Wildman–Crippen MR) is 84.6 cm³/mol. The van der Waals surface area contributed by atoms with Crippen molar-refractivity contribution in [2.24, 2.45) is 0 Å². The summed E-state index contributed by atoms with van der Waals surface area (Å²) in [5.41, 5.74) is 3.17. The Balaban J connectivity index is 2.25. The zero-order valence-electron chi connectivity index (χ0n) is 10.5. The maximum absolute atomic E-state index is 6.18. The van der Waals surface area contributed by atoms with Gasteiger partial charge in [0.05, 0.1) is 0 Å². The van der Waals surface area contributed by atoms with Crippen LogP contribution in [0.2, 0.25) is 10.0 Å². The first-order valence-electron chi connectivity index (χ1n) is 5.90. The van der Waals surface area contributed by atoms with Crippen LogP contribution in [0.15, 0.2) is 42.5 Å². The third kappa shape index (κ3) is 3.56. The van der Waals surface area contributed by atoms with Crippen LogP contribution in [-0.2, 0) is 12.4 Å². The van der Waals surface area contributed by atoms with Crippen molar-refractivity contribution in [2.75, 3.05) is 11.9 Å². The fourth-order valence-corrected chi connectivity index (χ4v) is 2.61. The van der Waals surface area contributed by atoms with Gasteiger partial charge < -0.3 is 4.90 Å². The SMILES string of the molecule is CN(Cc1ccccc1Cl)c1ccc(Cl)cc1CCl. The van der Waals surface area contributed by atoms with Crippen LogP contribution in [-0.4, -0.2) is 7.05 Å². The molecule has 0 heterocycles. The van der Waals surface area contributed by atoms with Crippen molar-refractivity contribution < 1.29 is 0 Å². The van der Waals surface area contributed by atoms with Gasteiger partial charge >= 0.3 is 0 Å². The Morgan fingerprint density at radius 3 is 2.42 bits per heavy atom. The van der Waals surface area contributed by atoms with E-state index in [0.29, 0.717) is 10.9 Å². The van der Waals surface area contributed by atoms with Crippen molar-refractivity contribution in [3.8, 4) is 0 Å². The molecule has 0 aromatic heterocycles. The van der Waals surface area contributed by atoms with Gasteiger partial charge in [0, 0.05) is 35.2 Å². The Kier molecular flexibility index (Phi) is 4.98. The monoisotopic (exact) mass is 313 g/mol. The van der Waals surface area contributed by atoms with Crippen LogP contribution in [0.1, 0.15) is 11.1 Å². The topological polar surface area (TPSA) is 3.24 Å². The van der Waals surface area contributed by atoms with Gasteiger partial charge in [-0.3, -0.25) is 0 Å². The summed E-state index contributed by atoms with van der Waals surface area (Å²) in [5, 5.41) is 1.47. The lowest BCUT2D eigenvalue weighted by Crippen LogP contribution is -2.18. The number of hydrogen-bond acceptors (Lipinski definition) is 1. The molecule has 19 heavy (non-hydrogen) atoms. The average Bonchev–Trinajstić information content (AvgIpc) is 2.41. The van der Waals surface area contributed by atoms with Crippen LogP contribution in [0.4, 0.5) is 5.69 Å². The molecule has 0 atom stereocenters. The van der Waals surface area contributed by atoms with Gasteiger partial charge in [0.25, 0.3) is 0 Å². The Morgan fingerprint density at radius 2 is 1.74 bits per heavy atom. The number of alkyl halides is 1. The van der Waals surface area contributed by atoms with E-state index < -0.39 is 0 Å². The van der Waals surface area contributed by atoms with Gasteiger partial charge in [-0.25, -0.2) is 0 Å². The number of nitrogens with zero attached hydrogens (tertiary/aromatic N) is 1. The van der Waals surface area contributed by atoms with Gasteiger partial charge in [-0.05, 0) is 35.4 Å². The summed E-state index contributed by atoms with van der Waals surface area (Å²) in [6, 6.07) is 13.6. The molecule has 0 fully saturated rings. The Labute approximate surface area is 128 Å². The van der Waals surface area contributed by atoms with Crippen molar-refractivity contribution in [1.82, 2.24) is 0 Å².